The minimum absolute atomic E-state index is 0.126. The molecule has 0 spiro atoms. The normalized spacial score (nSPS) is 12.2. The number of nitrogens with zero attached hydrogens (tertiary/aromatic N) is 1. The zero-order valence-corrected chi connectivity index (χ0v) is 10.8. The molecule has 0 bridgehead atoms. The Bertz CT molecular complexity index is 614. The molecule has 0 fully saturated rings. The monoisotopic (exact) mass is 270 g/mol. The summed E-state index contributed by atoms with van der Waals surface area (Å²) >= 11 is 0. The molecule has 0 atom stereocenters. The second kappa shape index (κ2) is 5.61. The van der Waals surface area contributed by atoms with Crippen LogP contribution in [0.4, 0.5) is 0 Å². The molecule has 2 aromatic rings. The van der Waals surface area contributed by atoms with E-state index >= 15 is 0 Å². The SMILES string of the molecule is O=C(NCCc1ccccn1)c1ccc2c(c1)OCO2. The Morgan fingerprint density at radius 1 is 1.20 bits per heavy atom. The molecule has 5 heteroatoms. The van der Waals surface area contributed by atoms with Gasteiger partial charge in [-0.3, -0.25) is 9.78 Å². The molecule has 1 aromatic heterocycles. The van der Waals surface area contributed by atoms with E-state index in [9.17, 15) is 4.79 Å². The summed E-state index contributed by atoms with van der Waals surface area (Å²) in [4.78, 5) is 16.2. The van der Waals surface area contributed by atoms with Crippen molar-refractivity contribution in [2.24, 2.45) is 0 Å². The van der Waals surface area contributed by atoms with Crippen molar-refractivity contribution in [3.8, 4) is 11.5 Å². The first-order chi connectivity index (χ1) is 9.83. The minimum atomic E-state index is -0.126. The lowest BCUT2D eigenvalue weighted by Gasteiger charge is -2.05. The zero-order chi connectivity index (χ0) is 13.8. The lowest BCUT2D eigenvalue weighted by Crippen LogP contribution is -2.25. The number of ether oxygens (including phenoxy) is 2. The van der Waals surface area contributed by atoms with Gasteiger partial charge >= 0.3 is 0 Å². The topological polar surface area (TPSA) is 60.5 Å². The maximum absolute atomic E-state index is 12.0. The number of amides is 1. The summed E-state index contributed by atoms with van der Waals surface area (Å²) in [6, 6.07) is 10.9. The summed E-state index contributed by atoms with van der Waals surface area (Å²) in [5.41, 5.74) is 1.52. The molecule has 1 aromatic carbocycles. The summed E-state index contributed by atoms with van der Waals surface area (Å²) in [5, 5.41) is 2.86. The van der Waals surface area contributed by atoms with Gasteiger partial charge in [0.05, 0.1) is 0 Å². The van der Waals surface area contributed by atoms with Crippen LogP contribution in [0.25, 0.3) is 0 Å². The Balaban J connectivity index is 1.57. The zero-order valence-electron chi connectivity index (χ0n) is 10.8. The molecule has 0 aliphatic carbocycles. The highest BCUT2D eigenvalue weighted by Gasteiger charge is 2.15. The van der Waals surface area contributed by atoms with Gasteiger partial charge < -0.3 is 14.8 Å². The largest absolute Gasteiger partial charge is 0.454 e. The predicted octanol–water partition coefficient (Wildman–Crippen LogP) is 1.78. The predicted molar refractivity (Wildman–Crippen MR) is 72.8 cm³/mol. The molecular weight excluding hydrogens is 256 g/mol. The fourth-order valence-corrected chi connectivity index (χ4v) is 1.99. The highest BCUT2D eigenvalue weighted by molar-refractivity contribution is 5.94. The summed E-state index contributed by atoms with van der Waals surface area (Å²) in [7, 11) is 0. The van der Waals surface area contributed by atoms with Crippen molar-refractivity contribution >= 4 is 5.91 Å². The van der Waals surface area contributed by atoms with E-state index in [1.165, 1.54) is 0 Å². The van der Waals surface area contributed by atoms with Crippen LogP contribution in [-0.2, 0) is 6.42 Å². The number of rotatable bonds is 4. The van der Waals surface area contributed by atoms with E-state index in [1.54, 1.807) is 24.4 Å². The van der Waals surface area contributed by atoms with E-state index in [1.807, 2.05) is 18.2 Å². The van der Waals surface area contributed by atoms with E-state index in [2.05, 4.69) is 10.3 Å². The minimum Gasteiger partial charge on any atom is -0.454 e. The number of hydrogen-bond donors (Lipinski definition) is 1. The molecule has 1 amide bonds. The number of fused-ring (bicyclic) bond motifs is 1. The quantitative estimate of drug-likeness (QED) is 0.920. The third kappa shape index (κ3) is 2.71. The van der Waals surface area contributed by atoms with Crippen LogP contribution in [0.5, 0.6) is 11.5 Å². The van der Waals surface area contributed by atoms with Crippen molar-refractivity contribution in [3.63, 3.8) is 0 Å². The lowest BCUT2D eigenvalue weighted by atomic mass is 10.2. The first-order valence-electron chi connectivity index (χ1n) is 6.41. The number of hydrogen-bond acceptors (Lipinski definition) is 4. The van der Waals surface area contributed by atoms with Crippen LogP contribution in [0.15, 0.2) is 42.6 Å². The van der Waals surface area contributed by atoms with Gasteiger partial charge in [0, 0.05) is 30.4 Å². The van der Waals surface area contributed by atoms with Crippen molar-refractivity contribution in [2.45, 2.75) is 6.42 Å². The molecule has 102 valence electrons. The molecule has 0 radical (unpaired) electrons. The van der Waals surface area contributed by atoms with Crippen molar-refractivity contribution < 1.29 is 14.3 Å². The fourth-order valence-electron chi connectivity index (χ4n) is 1.99. The van der Waals surface area contributed by atoms with E-state index in [4.69, 9.17) is 9.47 Å². The van der Waals surface area contributed by atoms with Gasteiger partial charge in [-0.25, -0.2) is 0 Å². The molecule has 20 heavy (non-hydrogen) atoms. The van der Waals surface area contributed by atoms with Crippen LogP contribution < -0.4 is 14.8 Å². The van der Waals surface area contributed by atoms with Gasteiger partial charge in [-0.1, -0.05) is 6.07 Å². The number of pyridine rings is 1. The third-order valence-corrected chi connectivity index (χ3v) is 3.03. The third-order valence-electron chi connectivity index (χ3n) is 3.03. The Hall–Kier alpha value is -2.56. The van der Waals surface area contributed by atoms with Gasteiger partial charge in [0.15, 0.2) is 11.5 Å². The van der Waals surface area contributed by atoms with Crippen molar-refractivity contribution in [3.05, 3.63) is 53.9 Å². The van der Waals surface area contributed by atoms with Crippen molar-refractivity contribution in [1.29, 1.82) is 0 Å². The molecular formula is C15H14N2O3. The van der Waals surface area contributed by atoms with Gasteiger partial charge in [-0.15, -0.1) is 0 Å². The number of benzene rings is 1. The number of aromatic nitrogens is 1. The molecule has 1 aliphatic rings. The molecule has 5 nitrogen and oxygen atoms in total. The second-order valence-electron chi connectivity index (χ2n) is 4.40. The van der Waals surface area contributed by atoms with Crippen LogP contribution >= 0.6 is 0 Å². The second-order valence-corrected chi connectivity index (χ2v) is 4.40. The maximum atomic E-state index is 12.0. The van der Waals surface area contributed by atoms with Crippen LogP contribution in [0.1, 0.15) is 16.1 Å². The Morgan fingerprint density at radius 3 is 2.95 bits per heavy atom. The van der Waals surface area contributed by atoms with Gasteiger partial charge in [-0.2, -0.15) is 0 Å². The number of nitrogens with one attached hydrogen (secondary N) is 1. The van der Waals surface area contributed by atoms with E-state index in [0.717, 1.165) is 5.69 Å². The first kappa shape index (κ1) is 12.5. The van der Waals surface area contributed by atoms with Crippen LogP contribution in [0, 0.1) is 0 Å². The van der Waals surface area contributed by atoms with Crippen LogP contribution in [0.2, 0.25) is 0 Å². The van der Waals surface area contributed by atoms with E-state index in [-0.39, 0.29) is 12.7 Å². The molecule has 1 aliphatic heterocycles. The number of carbonyl (C=O) groups is 1. The summed E-state index contributed by atoms with van der Waals surface area (Å²) in [6.07, 6.45) is 2.45. The van der Waals surface area contributed by atoms with Crippen LogP contribution in [-0.4, -0.2) is 24.2 Å². The average molecular weight is 270 g/mol. The highest BCUT2D eigenvalue weighted by atomic mass is 16.7. The van der Waals surface area contributed by atoms with Gasteiger partial charge in [0.2, 0.25) is 6.79 Å². The molecule has 0 saturated heterocycles. The molecule has 0 saturated carbocycles. The number of carbonyl (C=O) groups excluding carboxylic acids is 1. The summed E-state index contributed by atoms with van der Waals surface area (Å²) in [5.74, 6) is 1.16. The summed E-state index contributed by atoms with van der Waals surface area (Å²) in [6.45, 7) is 0.754. The Kier molecular flexibility index (Phi) is 3.50. The van der Waals surface area contributed by atoms with E-state index < -0.39 is 0 Å². The molecule has 2 heterocycles. The standard InChI is InChI=1S/C15H14N2O3/c18-15(17-8-6-12-3-1-2-7-16-12)11-4-5-13-14(9-11)20-10-19-13/h1-5,7,9H,6,8,10H2,(H,17,18). The molecule has 3 rings (SSSR count). The summed E-state index contributed by atoms with van der Waals surface area (Å²) < 4.78 is 10.5. The van der Waals surface area contributed by atoms with Crippen LogP contribution in [0.3, 0.4) is 0 Å². The smallest absolute Gasteiger partial charge is 0.251 e. The average Bonchev–Trinajstić information content (AvgIpc) is 2.95. The highest BCUT2D eigenvalue weighted by Crippen LogP contribution is 2.32. The molecule has 0 unspecified atom stereocenters. The van der Waals surface area contributed by atoms with Crippen molar-refractivity contribution in [1.82, 2.24) is 10.3 Å². The maximum Gasteiger partial charge on any atom is 0.251 e. The Morgan fingerprint density at radius 2 is 2.10 bits per heavy atom. The van der Waals surface area contributed by atoms with E-state index in [0.29, 0.717) is 30.0 Å². The van der Waals surface area contributed by atoms with Crippen molar-refractivity contribution in [2.75, 3.05) is 13.3 Å². The molecule has 1 N–H and O–H groups in total. The van der Waals surface area contributed by atoms with Gasteiger partial charge in [0.25, 0.3) is 5.91 Å². The Labute approximate surface area is 116 Å². The van der Waals surface area contributed by atoms with Gasteiger partial charge in [0.1, 0.15) is 0 Å². The lowest BCUT2D eigenvalue weighted by molar-refractivity contribution is 0.0953. The van der Waals surface area contributed by atoms with Gasteiger partial charge in [-0.05, 0) is 30.3 Å². The first-order valence-corrected chi connectivity index (χ1v) is 6.41. The fraction of sp³-hybridized carbons (Fsp3) is 0.200.